The van der Waals surface area contributed by atoms with Crippen molar-refractivity contribution in [1.82, 2.24) is 0 Å². The number of cyclic esters (lactones) is 2. The summed E-state index contributed by atoms with van der Waals surface area (Å²) >= 11 is 0. The predicted octanol–water partition coefficient (Wildman–Crippen LogP) is 1.48. The molecule has 15 heavy (non-hydrogen) atoms. The minimum Gasteiger partial charge on any atom is -0.430 e. The van der Waals surface area contributed by atoms with E-state index in [4.69, 9.17) is 20.6 Å². The van der Waals surface area contributed by atoms with Crippen LogP contribution in [0, 0.1) is 12.3 Å². The third kappa shape index (κ3) is 2.42. The summed E-state index contributed by atoms with van der Waals surface area (Å²) in [7, 11) is 0. The first-order valence-corrected chi connectivity index (χ1v) is 5.24. The maximum Gasteiger partial charge on any atom is 0.508 e. The zero-order valence-electron chi connectivity index (χ0n) is 8.48. The van der Waals surface area contributed by atoms with Gasteiger partial charge < -0.3 is 14.2 Å². The number of ether oxygens (including phenoxy) is 3. The highest BCUT2D eigenvalue weighted by atomic mass is 16.8. The van der Waals surface area contributed by atoms with Crippen LogP contribution < -0.4 is 0 Å². The van der Waals surface area contributed by atoms with Gasteiger partial charge in [-0.15, -0.1) is 6.42 Å². The Kier molecular flexibility index (Phi) is 3.12. The van der Waals surface area contributed by atoms with E-state index in [1.807, 2.05) is 0 Å². The van der Waals surface area contributed by atoms with Crippen molar-refractivity contribution in [3.63, 3.8) is 0 Å². The average Bonchev–Trinajstić information content (AvgIpc) is 2.54. The van der Waals surface area contributed by atoms with E-state index in [1.54, 1.807) is 0 Å². The molecule has 2 aliphatic rings. The Morgan fingerprint density at radius 3 is 2.73 bits per heavy atom. The molecule has 0 aromatic carbocycles. The van der Waals surface area contributed by atoms with Gasteiger partial charge in [0.2, 0.25) is 0 Å². The van der Waals surface area contributed by atoms with Crippen LogP contribution in [0.15, 0.2) is 0 Å². The zero-order chi connectivity index (χ0) is 10.7. The molecule has 4 nitrogen and oxygen atoms in total. The molecule has 0 N–H and O–H groups in total. The first kappa shape index (κ1) is 10.3. The lowest BCUT2D eigenvalue weighted by Gasteiger charge is -2.21. The van der Waals surface area contributed by atoms with Crippen LogP contribution in [-0.4, -0.2) is 31.1 Å². The van der Waals surface area contributed by atoms with Gasteiger partial charge in [-0.05, 0) is 19.3 Å². The molecule has 0 unspecified atom stereocenters. The van der Waals surface area contributed by atoms with Crippen LogP contribution in [-0.2, 0) is 14.2 Å². The standard InChI is InChI=1S/C11H14O4/c1-2-8-5-3-4-6-9(14-8)10-7-13-11(12)15-10/h1,8-10H,3-7H2/t8-,9+,10-/m1/s1. The second kappa shape index (κ2) is 4.54. The van der Waals surface area contributed by atoms with Gasteiger partial charge in [0.1, 0.15) is 12.7 Å². The summed E-state index contributed by atoms with van der Waals surface area (Å²) < 4.78 is 15.4. The van der Waals surface area contributed by atoms with E-state index in [9.17, 15) is 4.79 Å². The largest absolute Gasteiger partial charge is 0.508 e. The molecular formula is C11H14O4. The molecule has 2 heterocycles. The van der Waals surface area contributed by atoms with E-state index in [-0.39, 0.29) is 24.9 Å². The van der Waals surface area contributed by atoms with Gasteiger partial charge in [-0.2, -0.15) is 0 Å². The lowest BCUT2D eigenvalue weighted by molar-refractivity contribution is -0.0445. The van der Waals surface area contributed by atoms with Crippen LogP contribution >= 0.6 is 0 Å². The van der Waals surface area contributed by atoms with Gasteiger partial charge >= 0.3 is 6.16 Å². The van der Waals surface area contributed by atoms with Crippen LogP contribution in [0.2, 0.25) is 0 Å². The SMILES string of the molecule is C#C[C@@H]1CCCC[C@@H]([C@H]2COC(=O)O2)O1. The molecule has 0 amide bonds. The van der Waals surface area contributed by atoms with Gasteiger partial charge in [0.15, 0.2) is 6.10 Å². The highest BCUT2D eigenvalue weighted by Crippen LogP contribution is 2.24. The Bertz CT molecular complexity index is 281. The second-order valence-electron chi connectivity index (χ2n) is 3.83. The lowest BCUT2D eigenvalue weighted by Crippen LogP contribution is -2.33. The zero-order valence-corrected chi connectivity index (χ0v) is 8.48. The first-order chi connectivity index (χ1) is 7.29. The van der Waals surface area contributed by atoms with Crippen molar-refractivity contribution in [3.05, 3.63) is 0 Å². The summed E-state index contributed by atoms with van der Waals surface area (Å²) in [6, 6.07) is 0. The molecule has 82 valence electrons. The molecule has 2 fully saturated rings. The van der Waals surface area contributed by atoms with Crippen molar-refractivity contribution in [2.24, 2.45) is 0 Å². The number of hydrogen-bond donors (Lipinski definition) is 0. The van der Waals surface area contributed by atoms with Crippen molar-refractivity contribution in [2.75, 3.05) is 6.61 Å². The van der Waals surface area contributed by atoms with Gasteiger partial charge in [0.25, 0.3) is 0 Å². The van der Waals surface area contributed by atoms with Crippen LogP contribution in [0.4, 0.5) is 4.79 Å². The van der Waals surface area contributed by atoms with Gasteiger partial charge in [-0.1, -0.05) is 12.3 Å². The van der Waals surface area contributed by atoms with E-state index in [2.05, 4.69) is 5.92 Å². The monoisotopic (exact) mass is 210 g/mol. The normalized spacial score (nSPS) is 36.2. The molecule has 0 radical (unpaired) electrons. The Morgan fingerprint density at radius 1 is 1.27 bits per heavy atom. The Hall–Kier alpha value is -1.21. The summed E-state index contributed by atoms with van der Waals surface area (Å²) in [4.78, 5) is 10.8. The predicted molar refractivity (Wildman–Crippen MR) is 52.2 cm³/mol. The Morgan fingerprint density at radius 2 is 2.07 bits per heavy atom. The fourth-order valence-electron chi connectivity index (χ4n) is 1.94. The van der Waals surface area contributed by atoms with E-state index < -0.39 is 6.16 Å². The molecule has 2 aliphatic heterocycles. The van der Waals surface area contributed by atoms with Crippen molar-refractivity contribution in [2.45, 2.75) is 44.0 Å². The van der Waals surface area contributed by atoms with Crippen LogP contribution in [0.1, 0.15) is 25.7 Å². The van der Waals surface area contributed by atoms with Crippen molar-refractivity contribution >= 4 is 6.16 Å². The smallest absolute Gasteiger partial charge is 0.430 e. The number of rotatable bonds is 1. The molecule has 3 atom stereocenters. The molecule has 2 saturated heterocycles. The second-order valence-corrected chi connectivity index (χ2v) is 3.83. The van der Waals surface area contributed by atoms with E-state index in [0.29, 0.717) is 0 Å². The molecule has 2 rings (SSSR count). The third-order valence-corrected chi connectivity index (χ3v) is 2.76. The van der Waals surface area contributed by atoms with Gasteiger partial charge in [0.05, 0.1) is 6.10 Å². The molecule has 0 bridgehead atoms. The molecule has 0 aromatic rings. The number of terminal acetylenes is 1. The number of carbonyl (C=O) groups is 1. The summed E-state index contributed by atoms with van der Waals surface area (Å²) in [5, 5.41) is 0. The fourth-order valence-corrected chi connectivity index (χ4v) is 1.94. The maximum absolute atomic E-state index is 10.8. The third-order valence-electron chi connectivity index (χ3n) is 2.76. The fraction of sp³-hybridized carbons (Fsp3) is 0.727. The lowest BCUT2D eigenvalue weighted by atomic mass is 10.1. The van der Waals surface area contributed by atoms with Crippen LogP contribution in [0.5, 0.6) is 0 Å². The molecule has 4 heteroatoms. The van der Waals surface area contributed by atoms with Crippen molar-refractivity contribution in [1.29, 1.82) is 0 Å². The summed E-state index contributed by atoms with van der Waals surface area (Å²) in [6.07, 6.45) is 8.06. The molecule has 0 aromatic heterocycles. The van der Waals surface area contributed by atoms with Gasteiger partial charge in [-0.3, -0.25) is 0 Å². The average molecular weight is 210 g/mol. The van der Waals surface area contributed by atoms with Crippen LogP contribution in [0.3, 0.4) is 0 Å². The minimum absolute atomic E-state index is 0.111. The quantitative estimate of drug-likeness (QED) is 0.486. The summed E-state index contributed by atoms with van der Waals surface area (Å²) in [5.74, 6) is 2.61. The Labute approximate surface area is 88.9 Å². The van der Waals surface area contributed by atoms with Crippen molar-refractivity contribution in [3.8, 4) is 12.3 Å². The van der Waals surface area contributed by atoms with E-state index >= 15 is 0 Å². The van der Waals surface area contributed by atoms with E-state index in [0.717, 1.165) is 25.7 Å². The molecular weight excluding hydrogens is 196 g/mol. The van der Waals surface area contributed by atoms with E-state index in [1.165, 1.54) is 0 Å². The topological polar surface area (TPSA) is 44.8 Å². The first-order valence-electron chi connectivity index (χ1n) is 5.24. The highest BCUT2D eigenvalue weighted by Gasteiger charge is 2.35. The van der Waals surface area contributed by atoms with Gasteiger partial charge in [-0.25, -0.2) is 4.79 Å². The maximum atomic E-state index is 10.8. The summed E-state index contributed by atoms with van der Waals surface area (Å²) in [6.45, 7) is 0.279. The highest BCUT2D eigenvalue weighted by molar-refractivity contribution is 5.61. The number of carbonyl (C=O) groups excluding carboxylic acids is 1. The van der Waals surface area contributed by atoms with Crippen molar-refractivity contribution < 1.29 is 19.0 Å². The molecule has 0 saturated carbocycles. The molecule has 0 spiro atoms. The molecule has 0 aliphatic carbocycles. The summed E-state index contributed by atoms with van der Waals surface area (Å²) in [5.41, 5.74) is 0. The Balaban J connectivity index is 1.95. The van der Waals surface area contributed by atoms with Gasteiger partial charge in [0, 0.05) is 0 Å². The number of hydrogen-bond acceptors (Lipinski definition) is 4. The minimum atomic E-state index is -0.606. The van der Waals surface area contributed by atoms with Crippen LogP contribution in [0.25, 0.3) is 0 Å².